The smallest absolute Gasteiger partial charge is 0.365 e. The number of aryl methyl sites for hydroxylation is 1. The first kappa shape index (κ1) is 20.6. The summed E-state index contributed by atoms with van der Waals surface area (Å²) in [5.41, 5.74) is 1.26. The molecule has 1 rings (SSSR count). The maximum absolute atomic E-state index is 10.5. The van der Waals surface area contributed by atoms with E-state index in [1.807, 2.05) is 12.1 Å². The molecule has 0 aliphatic rings. The van der Waals surface area contributed by atoms with Crippen LogP contribution in [0.4, 0.5) is 0 Å². The van der Waals surface area contributed by atoms with Gasteiger partial charge in [-0.25, -0.2) is 4.57 Å². The van der Waals surface area contributed by atoms with Gasteiger partial charge in [0.1, 0.15) is 5.75 Å². The molecular weight excluding hydrogens is 403 g/mol. The van der Waals surface area contributed by atoms with E-state index in [9.17, 15) is 4.57 Å². The predicted octanol–water partition coefficient (Wildman–Crippen LogP) is 4.74. The van der Waals surface area contributed by atoms with Gasteiger partial charge < -0.3 is 9.42 Å². The van der Waals surface area contributed by atoms with E-state index < -0.39 is 8.25 Å². The van der Waals surface area contributed by atoms with Crippen LogP contribution in [0.25, 0.3) is 0 Å². The van der Waals surface area contributed by atoms with Crippen molar-refractivity contribution < 1.29 is 54.8 Å². The van der Waals surface area contributed by atoms with Crippen LogP contribution in [-0.2, 0) is 11.0 Å². The topological polar surface area (TPSA) is 46.5 Å². The average Bonchev–Trinajstić information content (AvgIpc) is 2.39. The van der Waals surface area contributed by atoms with E-state index in [0.717, 1.165) is 6.42 Å². The standard InChI is InChI=1S/C15H25O3P.Nd/c1-2-3-4-5-6-7-8-9-14-10-12-15(13-11-14)18-19(16)17;/h10-13,19H,2-9H2,1H3,(H,16,17);. The van der Waals surface area contributed by atoms with Gasteiger partial charge in [-0.2, -0.15) is 0 Å². The van der Waals surface area contributed by atoms with E-state index in [1.165, 1.54) is 50.5 Å². The molecule has 0 aliphatic carbocycles. The molecule has 1 aromatic rings. The first-order chi connectivity index (χ1) is 9.22. The summed E-state index contributed by atoms with van der Waals surface area (Å²) in [6.45, 7) is 2.24. The number of rotatable bonds is 10. The second-order valence-corrected chi connectivity index (χ2v) is 5.62. The summed E-state index contributed by atoms with van der Waals surface area (Å²) >= 11 is 0. The number of benzene rings is 1. The van der Waals surface area contributed by atoms with Gasteiger partial charge in [-0.15, -0.1) is 0 Å². The summed E-state index contributed by atoms with van der Waals surface area (Å²) in [4.78, 5) is 8.66. The maximum atomic E-state index is 10.5. The fourth-order valence-corrected chi connectivity index (χ4v) is 2.45. The van der Waals surface area contributed by atoms with Crippen LogP contribution in [0.1, 0.15) is 57.4 Å². The molecule has 0 aliphatic heterocycles. The van der Waals surface area contributed by atoms with Crippen LogP contribution in [0.5, 0.6) is 5.75 Å². The number of hydrogen-bond donors (Lipinski definition) is 1. The zero-order valence-electron chi connectivity index (χ0n) is 12.2. The Hall–Kier alpha value is 0.561. The predicted molar refractivity (Wildman–Crippen MR) is 80.0 cm³/mol. The Balaban J connectivity index is 0.00000361. The molecule has 112 valence electrons. The van der Waals surface area contributed by atoms with Crippen molar-refractivity contribution in [1.29, 1.82) is 0 Å². The largest absolute Gasteiger partial charge is 0.426 e. The molecule has 3 nitrogen and oxygen atoms in total. The zero-order valence-corrected chi connectivity index (χ0v) is 16.4. The van der Waals surface area contributed by atoms with E-state index in [0.29, 0.717) is 5.75 Å². The zero-order chi connectivity index (χ0) is 13.9. The van der Waals surface area contributed by atoms with Crippen molar-refractivity contribution >= 4 is 8.25 Å². The van der Waals surface area contributed by atoms with Crippen molar-refractivity contribution in [3.63, 3.8) is 0 Å². The molecule has 1 aromatic carbocycles. The Labute approximate surface area is 156 Å². The van der Waals surface area contributed by atoms with Crippen molar-refractivity contribution in [2.75, 3.05) is 0 Å². The van der Waals surface area contributed by atoms with Crippen molar-refractivity contribution in [2.24, 2.45) is 0 Å². The van der Waals surface area contributed by atoms with Crippen molar-refractivity contribution in [2.45, 2.75) is 58.3 Å². The van der Waals surface area contributed by atoms with Crippen LogP contribution < -0.4 is 4.52 Å². The Kier molecular flexibility index (Phi) is 13.6. The summed E-state index contributed by atoms with van der Waals surface area (Å²) in [6, 6.07) is 7.46. The second kappa shape index (κ2) is 13.2. The molecule has 1 atom stereocenters. The van der Waals surface area contributed by atoms with Crippen LogP contribution in [0.2, 0.25) is 0 Å². The molecule has 0 heterocycles. The van der Waals surface area contributed by atoms with Crippen molar-refractivity contribution in [1.82, 2.24) is 0 Å². The van der Waals surface area contributed by atoms with Gasteiger partial charge in [0.2, 0.25) is 0 Å². The minimum Gasteiger partial charge on any atom is -0.426 e. The summed E-state index contributed by atoms with van der Waals surface area (Å²) in [6.07, 6.45) is 10.3. The van der Waals surface area contributed by atoms with Gasteiger partial charge in [0.05, 0.1) is 0 Å². The molecule has 0 aromatic heterocycles. The van der Waals surface area contributed by atoms with Gasteiger partial charge >= 0.3 is 8.25 Å². The molecule has 0 saturated carbocycles. The normalized spacial score (nSPS) is 11.7. The molecule has 0 amide bonds. The minimum absolute atomic E-state index is 0. The van der Waals surface area contributed by atoms with E-state index in [2.05, 4.69) is 6.92 Å². The van der Waals surface area contributed by atoms with Crippen molar-refractivity contribution in [3.05, 3.63) is 29.8 Å². The molecule has 1 unspecified atom stereocenters. The maximum Gasteiger partial charge on any atom is 0.365 e. The molecule has 0 saturated heterocycles. The quantitative estimate of drug-likeness (QED) is 0.432. The Morgan fingerprint density at radius 2 is 1.55 bits per heavy atom. The molecule has 0 spiro atoms. The van der Waals surface area contributed by atoms with Gasteiger partial charge in [0.15, 0.2) is 0 Å². The monoisotopic (exact) mass is 426 g/mol. The van der Waals surface area contributed by atoms with E-state index >= 15 is 0 Å². The summed E-state index contributed by atoms with van der Waals surface area (Å²) in [5.74, 6) is 0.467. The molecule has 5 heteroatoms. The summed E-state index contributed by atoms with van der Waals surface area (Å²) < 4.78 is 15.3. The molecular formula is C15H25NdO3P. The van der Waals surface area contributed by atoms with Gasteiger partial charge in [-0.1, -0.05) is 57.6 Å². The average molecular weight is 429 g/mol. The molecule has 1 N–H and O–H groups in total. The molecule has 0 bridgehead atoms. The van der Waals surface area contributed by atoms with Gasteiger partial charge in [-0.3, -0.25) is 0 Å². The molecule has 0 fully saturated rings. The Bertz CT molecular complexity index is 368. The minimum atomic E-state index is -2.88. The van der Waals surface area contributed by atoms with Crippen LogP contribution in [0.15, 0.2) is 24.3 Å². The molecule has 0 radical (unpaired) electrons. The van der Waals surface area contributed by atoms with Gasteiger partial charge in [0.25, 0.3) is 0 Å². The number of unbranched alkanes of at least 4 members (excludes halogenated alkanes) is 6. The molecule has 20 heavy (non-hydrogen) atoms. The van der Waals surface area contributed by atoms with Crippen LogP contribution in [0.3, 0.4) is 0 Å². The van der Waals surface area contributed by atoms with Gasteiger partial charge in [-0.05, 0) is 30.5 Å². The van der Waals surface area contributed by atoms with E-state index in [1.54, 1.807) is 12.1 Å². The fraction of sp³-hybridized carbons (Fsp3) is 0.600. The Morgan fingerprint density at radius 1 is 1.00 bits per heavy atom. The Morgan fingerprint density at radius 3 is 2.10 bits per heavy atom. The van der Waals surface area contributed by atoms with Crippen LogP contribution >= 0.6 is 8.25 Å². The van der Waals surface area contributed by atoms with E-state index in [-0.39, 0.29) is 40.8 Å². The first-order valence-corrected chi connectivity index (χ1v) is 8.48. The third-order valence-corrected chi connectivity index (χ3v) is 3.61. The summed E-state index contributed by atoms with van der Waals surface area (Å²) in [7, 11) is -2.88. The third-order valence-electron chi connectivity index (χ3n) is 3.20. The van der Waals surface area contributed by atoms with E-state index in [4.69, 9.17) is 9.42 Å². The van der Waals surface area contributed by atoms with Crippen molar-refractivity contribution in [3.8, 4) is 5.75 Å². The van der Waals surface area contributed by atoms with Gasteiger partial charge in [0, 0.05) is 40.8 Å². The second-order valence-electron chi connectivity index (χ2n) is 4.88. The first-order valence-electron chi connectivity index (χ1n) is 7.22. The van der Waals surface area contributed by atoms with Crippen LogP contribution in [0, 0.1) is 40.8 Å². The third kappa shape index (κ3) is 10.3. The SMILES string of the molecule is CCCCCCCCCc1ccc(O[PH](=O)O)cc1.[Nd]. The number of hydrogen-bond acceptors (Lipinski definition) is 2. The fourth-order valence-electron chi connectivity index (χ4n) is 2.11. The van der Waals surface area contributed by atoms with Crippen LogP contribution in [-0.4, -0.2) is 4.89 Å². The summed E-state index contributed by atoms with van der Waals surface area (Å²) in [5, 5.41) is 0.